The Balaban J connectivity index is 0.765. The van der Waals surface area contributed by atoms with Crippen molar-refractivity contribution in [2.24, 2.45) is 0 Å². The topological polar surface area (TPSA) is 234 Å². The maximum Gasteiger partial charge on any atom is 0.190 e. The predicted molar refractivity (Wildman–Crippen MR) is 231 cm³/mol. The van der Waals surface area contributed by atoms with E-state index >= 15 is 0 Å². The number of fused-ring (bicyclic) bond motifs is 9. The molecule has 9 aliphatic rings. The molecular formula is C45H66N10O15. The summed E-state index contributed by atoms with van der Waals surface area (Å²) in [7, 11) is 0. The molecule has 0 bridgehead atoms. The molecule has 3 aromatic heterocycles. The van der Waals surface area contributed by atoms with Gasteiger partial charge in [0.15, 0.2) is 53.6 Å². The lowest BCUT2D eigenvalue weighted by Gasteiger charge is -2.37. The highest BCUT2D eigenvalue weighted by Crippen LogP contribution is 2.47. The summed E-state index contributed by atoms with van der Waals surface area (Å²) >= 11 is 0. The van der Waals surface area contributed by atoms with Gasteiger partial charge < -0.3 is 71.1 Å². The second-order valence-electron chi connectivity index (χ2n) is 22.6. The highest BCUT2D eigenvalue weighted by molar-refractivity contribution is 5.06. The quantitative estimate of drug-likeness (QED) is 0.252. The summed E-state index contributed by atoms with van der Waals surface area (Å²) in [5.74, 6) is -5.00. The first-order chi connectivity index (χ1) is 32.9. The van der Waals surface area contributed by atoms with E-state index in [0.717, 1.165) is 0 Å². The number of rotatable bonds is 12. The van der Waals surface area contributed by atoms with Crippen LogP contribution >= 0.6 is 0 Å². The smallest absolute Gasteiger partial charge is 0.190 e. The normalized spacial score (nSPS) is 41.0. The summed E-state index contributed by atoms with van der Waals surface area (Å²) < 4.78 is 100.0. The molecular weight excluding hydrogens is 921 g/mol. The van der Waals surface area contributed by atoms with Gasteiger partial charge in [-0.3, -0.25) is 4.90 Å². The highest BCUT2D eigenvalue weighted by atomic mass is 16.9. The zero-order chi connectivity index (χ0) is 48.9. The molecule has 70 heavy (non-hydrogen) atoms. The van der Waals surface area contributed by atoms with Crippen molar-refractivity contribution in [3.05, 3.63) is 35.7 Å². The molecule has 0 spiro atoms. The SMILES string of the molecule is CC1(C)OC2[C@H](OC(Cn3cc(CN(Cc4cn(CC5O[C@@H]6OC(C)(C)O[C@H]6C6OC(C)(C)O[C@@H]56)nn4)Cc4cn(CC5O[C@@H]6OC(C)(C)O[C@H]6C6OC(C)(C)O[C@@H]56)nn4)nn3)[C@@H]3OC(C)(C)O[C@H]23)O1. The minimum atomic E-state index is -0.833. The van der Waals surface area contributed by atoms with Crippen molar-refractivity contribution in [2.45, 2.75) is 249 Å². The van der Waals surface area contributed by atoms with E-state index in [9.17, 15) is 0 Å². The van der Waals surface area contributed by atoms with Crippen LogP contribution < -0.4 is 0 Å². The monoisotopic (exact) mass is 986 g/mol. The van der Waals surface area contributed by atoms with Crippen molar-refractivity contribution >= 4 is 0 Å². The van der Waals surface area contributed by atoms with Crippen LogP contribution in [-0.4, -0.2) is 177 Å². The second kappa shape index (κ2) is 16.6. The summed E-state index contributed by atoms with van der Waals surface area (Å²) in [5, 5.41) is 27.4. The molecule has 25 heteroatoms. The van der Waals surface area contributed by atoms with Crippen LogP contribution in [0.2, 0.25) is 0 Å². The Labute approximate surface area is 405 Å². The fourth-order valence-corrected chi connectivity index (χ4v) is 11.4. The van der Waals surface area contributed by atoms with Crippen LogP contribution in [0.5, 0.6) is 0 Å². The molecule has 0 radical (unpaired) electrons. The number of aromatic nitrogens is 9. The van der Waals surface area contributed by atoms with Gasteiger partial charge in [-0.25, -0.2) is 14.0 Å². The molecule has 9 fully saturated rings. The largest absolute Gasteiger partial charge is 0.342 e. The molecule has 15 atom stereocenters. The number of nitrogens with zero attached hydrogens (tertiary/aromatic N) is 10. The van der Waals surface area contributed by atoms with E-state index in [4.69, 9.17) is 71.1 Å². The van der Waals surface area contributed by atoms with Crippen molar-refractivity contribution < 1.29 is 71.1 Å². The van der Waals surface area contributed by atoms with Crippen LogP contribution in [0, 0.1) is 0 Å². The fourth-order valence-electron chi connectivity index (χ4n) is 11.4. The maximum atomic E-state index is 6.48. The van der Waals surface area contributed by atoms with Crippen molar-refractivity contribution in [3.63, 3.8) is 0 Å². The van der Waals surface area contributed by atoms with Crippen LogP contribution in [0.4, 0.5) is 0 Å². The van der Waals surface area contributed by atoms with Gasteiger partial charge in [-0.15, -0.1) is 15.3 Å². The van der Waals surface area contributed by atoms with Gasteiger partial charge in [-0.2, -0.15) is 0 Å². The van der Waals surface area contributed by atoms with Crippen LogP contribution in [-0.2, 0) is 110 Å². The summed E-state index contributed by atoms with van der Waals surface area (Å²) in [6.07, 6.45) is -1.29. The van der Waals surface area contributed by atoms with Gasteiger partial charge in [0.05, 0.1) is 36.7 Å². The summed E-state index contributed by atoms with van der Waals surface area (Å²) in [6, 6.07) is 0. The lowest BCUT2D eigenvalue weighted by Crippen LogP contribution is -2.56. The van der Waals surface area contributed by atoms with E-state index in [0.29, 0.717) is 56.4 Å². The summed E-state index contributed by atoms with van der Waals surface area (Å²) in [6.45, 7) is 24.6. The standard InChI is InChI=1S/C45H66N10O15/c1-40(2)59-28-25(56-37-34(31(28)62-40)65-43(7,8)68-37)19-53-16-22(46-49-53)13-52(14-23-17-54(50-47-23)20-26-29-32(63-41(3,4)60-29)35-38(57-26)69-44(9,10)66-35)15-24-18-55(51-48-24)21-27-30-33(64-42(5,6)61-30)36-39(58-27)70-45(11,12)67-36/h16-18,25-39H,13-15,19-21H2,1-12H3/t25?,26?,27?,28-,29-,30-,31-,32?,33?,34?,35-,36-,37+,38+,39+/m0/s1. The van der Waals surface area contributed by atoms with Gasteiger partial charge in [0.2, 0.25) is 0 Å². The molecule has 0 amide bonds. The van der Waals surface area contributed by atoms with Gasteiger partial charge in [0.1, 0.15) is 73.2 Å². The molecule has 9 saturated heterocycles. The predicted octanol–water partition coefficient (Wildman–Crippen LogP) is 1.85. The van der Waals surface area contributed by atoms with Crippen molar-refractivity contribution in [1.29, 1.82) is 0 Å². The van der Waals surface area contributed by atoms with E-state index in [1.54, 1.807) is 14.0 Å². The second-order valence-corrected chi connectivity index (χ2v) is 22.6. The van der Waals surface area contributed by atoms with Gasteiger partial charge in [0, 0.05) is 38.2 Å². The van der Waals surface area contributed by atoms with E-state index < -0.39 is 127 Å². The molecule has 3 aromatic rings. The zero-order valence-electron chi connectivity index (χ0n) is 41.7. The van der Waals surface area contributed by atoms with E-state index in [-0.39, 0.29) is 0 Å². The third kappa shape index (κ3) is 9.36. The van der Waals surface area contributed by atoms with Crippen LogP contribution in [0.1, 0.15) is 100 Å². The molecule has 9 aliphatic heterocycles. The minimum absolute atomic E-state index is 0.337. The Kier molecular flexibility index (Phi) is 11.4. The average Bonchev–Trinajstić information content (AvgIpc) is 4.10. The Bertz CT molecular complexity index is 2150. The first-order valence-corrected chi connectivity index (χ1v) is 24.4. The zero-order valence-corrected chi connectivity index (χ0v) is 41.7. The molecule has 386 valence electrons. The molecule has 6 unspecified atom stereocenters. The third-order valence-electron chi connectivity index (χ3n) is 13.8. The number of hydrogen-bond donors (Lipinski definition) is 0. The van der Waals surface area contributed by atoms with E-state index in [1.807, 2.05) is 102 Å². The lowest BCUT2D eigenvalue weighted by molar-refractivity contribution is -0.237. The van der Waals surface area contributed by atoms with Gasteiger partial charge in [0.25, 0.3) is 0 Å². The number of ether oxygens (including phenoxy) is 15. The minimum Gasteiger partial charge on any atom is -0.342 e. The first-order valence-electron chi connectivity index (χ1n) is 24.4. The average molecular weight is 987 g/mol. The van der Waals surface area contributed by atoms with Gasteiger partial charge >= 0.3 is 0 Å². The summed E-state index contributed by atoms with van der Waals surface area (Å²) in [5.41, 5.74) is 2.11. The van der Waals surface area contributed by atoms with Crippen LogP contribution in [0.25, 0.3) is 0 Å². The van der Waals surface area contributed by atoms with Crippen molar-refractivity contribution in [1.82, 2.24) is 49.9 Å². The lowest BCUT2D eigenvalue weighted by atomic mass is 9.99. The Morgan fingerprint density at radius 3 is 0.886 bits per heavy atom. The molecule has 0 aliphatic carbocycles. The van der Waals surface area contributed by atoms with Gasteiger partial charge in [-0.1, -0.05) is 15.6 Å². The molecule has 0 saturated carbocycles. The van der Waals surface area contributed by atoms with Crippen LogP contribution in [0.15, 0.2) is 18.6 Å². The van der Waals surface area contributed by atoms with Crippen LogP contribution in [0.3, 0.4) is 0 Å². The Morgan fingerprint density at radius 1 is 0.357 bits per heavy atom. The molecule has 0 N–H and O–H groups in total. The van der Waals surface area contributed by atoms with Gasteiger partial charge in [-0.05, 0) is 83.1 Å². The van der Waals surface area contributed by atoms with E-state index in [1.165, 1.54) is 0 Å². The fraction of sp³-hybridized carbons (Fsp3) is 0.867. The first kappa shape index (κ1) is 47.8. The highest BCUT2D eigenvalue weighted by Gasteiger charge is 2.63. The number of hydrogen-bond acceptors (Lipinski definition) is 22. The molecule has 12 heterocycles. The molecule has 0 aromatic carbocycles. The van der Waals surface area contributed by atoms with Crippen molar-refractivity contribution in [3.8, 4) is 0 Å². The molecule has 12 rings (SSSR count). The molecule has 25 nitrogen and oxygen atoms in total. The van der Waals surface area contributed by atoms with E-state index in [2.05, 4.69) is 35.8 Å². The Morgan fingerprint density at radius 2 is 0.600 bits per heavy atom. The maximum absolute atomic E-state index is 6.48. The summed E-state index contributed by atoms with van der Waals surface area (Å²) in [4.78, 5) is 2.15. The third-order valence-corrected chi connectivity index (χ3v) is 13.8. The van der Waals surface area contributed by atoms with Crippen molar-refractivity contribution in [2.75, 3.05) is 0 Å². The Hall–Kier alpha value is -3.22.